The van der Waals surface area contributed by atoms with Crippen LogP contribution in [0.5, 0.6) is 0 Å². The summed E-state index contributed by atoms with van der Waals surface area (Å²) in [7, 11) is 0. The first-order valence-electron chi connectivity index (χ1n) is 10.2. The Labute approximate surface area is 160 Å². The van der Waals surface area contributed by atoms with Gasteiger partial charge in [-0.25, -0.2) is 0 Å². The van der Waals surface area contributed by atoms with E-state index in [1.807, 2.05) is 0 Å². The lowest BCUT2D eigenvalue weighted by Crippen LogP contribution is -2.47. The molecule has 1 aromatic carbocycles. The van der Waals surface area contributed by atoms with Crippen molar-refractivity contribution in [1.82, 2.24) is 4.90 Å². The van der Waals surface area contributed by atoms with Gasteiger partial charge in [-0.15, -0.1) is 0 Å². The Morgan fingerprint density at radius 1 is 1.32 bits per heavy atom. The third kappa shape index (κ3) is 5.92. The van der Waals surface area contributed by atoms with Gasteiger partial charge in [0.2, 0.25) is 0 Å². The maximum atomic E-state index is 3.46. The average Bonchev–Trinajstić information content (AvgIpc) is 2.60. The van der Waals surface area contributed by atoms with Crippen molar-refractivity contribution in [2.75, 3.05) is 30.1 Å². The van der Waals surface area contributed by atoms with Crippen molar-refractivity contribution in [3.63, 3.8) is 0 Å². The fraction of sp³-hybridized carbons (Fsp3) is 0.727. The largest absolute Gasteiger partial charge is 0.330 e. The van der Waals surface area contributed by atoms with E-state index >= 15 is 0 Å². The predicted molar refractivity (Wildman–Crippen MR) is 114 cm³/mol. The predicted octanol–water partition coefficient (Wildman–Crippen LogP) is 6.19. The molecule has 1 aliphatic rings. The van der Waals surface area contributed by atoms with Crippen LogP contribution in [0, 0.1) is 11.8 Å². The maximum Gasteiger partial charge on any atom is 0.0442 e. The molecule has 3 heteroatoms. The lowest BCUT2D eigenvalue weighted by Gasteiger charge is -2.45. The summed E-state index contributed by atoms with van der Waals surface area (Å²) in [6.45, 7) is 15.5. The van der Waals surface area contributed by atoms with Gasteiger partial charge in [0.05, 0.1) is 0 Å². The van der Waals surface area contributed by atoms with E-state index < -0.39 is 0 Å². The van der Waals surface area contributed by atoms with Crippen molar-refractivity contribution in [1.29, 1.82) is 0 Å². The number of hydrogen-bond donors (Lipinski definition) is 1. The molecule has 0 saturated carbocycles. The van der Waals surface area contributed by atoms with Crippen LogP contribution in [0.25, 0.3) is 0 Å². The number of nitrogens with zero attached hydrogens (tertiary/aromatic N) is 1. The van der Waals surface area contributed by atoms with E-state index in [-0.39, 0.29) is 0 Å². The minimum Gasteiger partial charge on any atom is -0.330 e. The van der Waals surface area contributed by atoms with Gasteiger partial charge in [0.25, 0.3) is 0 Å². The molecule has 2 atom stereocenters. The van der Waals surface area contributed by atoms with E-state index in [2.05, 4.69) is 68.5 Å². The molecule has 0 aromatic heterocycles. The van der Waals surface area contributed by atoms with Crippen LogP contribution >= 0.6 is 11.9 Å². The average molecular weight is 363 g/mol. The normalized spacial score (nSPS) is 24.6. The zero-order valence-corrected chi connectivity index (χ0v) is 17.8. The highest BCUT2D eigenvalue weighted by molar-refractivity contribution is 8.00. The Kier molecular flexibility index (Phi) is 8.15. The van der Waals surface area contributed by atoms with E-state index in [9.17, 15) is 0 Å². The summed E-state index contributed by atoms with van der Waals surface area (Å²) >= 11 is 1.77. The minimum absolute atomic E-state index is 0.295. The number of benzene rings is 1. The van der Waals surface area contributed by atoms with Crippen molar-refractivity contribution in [3.05, 3.63) is 29.8 Å². The van der Waals surface area contributed by atoms with Gasteiger partial charge in [-0.3, -0.25) is 0 Å². The first-order chi connectivity index (χ1) is 12.0. The summed E-state index contributed by atoms with van der Waals surface area (Å²) < 4.78 is 3.46. The van der Waals surface area contributed by atoms with E-state index in [1.165, 1.54) is 56.6 Å². The molecule has 2 nitrogen and oxygen atoms in total. The topological polar surface area (TPSA) is 15.3 Å². The second-order valence-electron chi connectivity index (χ2n) is 8.37. The quantitative estimate of drug-likeness (QED) is 0.416. The molecule has 1 aliphatic heterocycles. The molecular formula is C22H38N2S. The van der Waals surface area contributed by atoms with Crippen LogP contribution in [0.15, 0.2) is 24.3 Å². The van der Waals surface area contributed by atoms with Gasteiger partial charge in [0.15, 0.2) is 0 Å². The van der Waals surface area contributed by atoms with E-state index in [0.29, 0.717) is 11.3 Å². The summed E-state index contributed by atoms with van der Waals surface area (Å²) in [4.78, 5) is 2.70. The maximum absolute atomic E-state index is 3.46. The van der Waals surface area contributed by atoms with Crippen molar-refractivity contribution in [2.24, 2.45) is 11.8 Å². The second-order valence-corrected chi connectivity index (χ2v) is 9.44. The Balaban J connectivity index is 1.92. The fourth-order valence-corrected chi connectivity index (χ4v) is 4.37. The molecule has 2 rings (SSSR count). The van der Waals surface area contributed by atoms with Gasteiger partial charge in [0.1, 0.15) is 0 Å². The first-order valence-corrected chi connectivity index (χ1v) is 11.1. The van der Waals surface area contributed by atoms with E-state index in [4.69, 9.17) is 0 Å². The van der Waals surface area contributed by atoms with Gasteiger partial charge in [-0.2, -0.15) is 0 Å². The van der Waals surface area contributed by atoms with Crippen LogP contribution in [-0.4, -0.2) is 30.3 Å². The third-order valence-electron chi connectivity index (χ3n) is 5.93. The van der Waals surface area contributed by atoms with Crippen molar-refractivity contribution in [3.8, 4) is 0 Å². The summed E-state index contributed by atoms with van der Waals surface area (Å²) in [5.41, 5.74) is 3.04. The summed E-state index contributed by atoms with van der Waals surface area (Å²) in [5, 5.41) is 0. The van der Waals surface area contributed by atoms with Crippen LogP contribution in [0.2, 0.25) is 0 Å². The highest BCUT2D eigenvalue weighted by Crippen LogP contribution is 2.40. The molecule has 1 N–H and O–H groups in total. The first kappa shape index (κ1) is 20.6. The lowest BCUT2D eigenvalue weighted by atomic mass is 9.68. The number of likely N-dealkylation sites (tertiary alicyclic amines) is 1. The standard InChI is InChI=1S/C22H38N2S/c1-6-25-23-21-12-9-11-20(16-21)22(5)13-15-24(17-19(22)4)14-8-7-10-18(2)3/h9,11-12,16,18-19,23H,6-8,10,13-15,17H2,1-5H3/t19-,22-/m0/s1. The number of rotatable bonds is 9. The van der Waals surface area contributed by atoms with Gasteiger partial charge in [0, 0.05) is 18.0 Å². The SMILES string of the molecule is CCSNc1cccc([C@@]2(C)CCN(CCCCC(C)C)C[C@@H]2C)c1. The lowest BCUT2D eigenvalue weighted by molar-refractivity contribution is 0.109. The summed E-state index contributed by atoms with van der Waals surface area (Å²) in [6, 6.07) is 9.10. The molecular weight excluding hydrogens is 324 g/mol. The smallest absolute Gasteiger partial charge is 0.0442 e. The molecule has 1 heterocycles. The monoisotopic (exact) mass is 362 g/mol. The molecule has 0 bridgehead atoms. The van der Waals surface area contributed by atoms with Crippen LogP contribution in [0.4, 0.5) is 5.69 Å². The van der Waals surface area contributed by atoms with Crippen molar-refractivity contribution in [2.45, 2.75) is 65.7 Å². The Hall–Kier alpha value is -0.670. The van der Waals surface area contributed by atoms with Crippen LogP contribution in [0.1, 0.15) is 65.9 Å². The van der Waals surface area contributed by atoms with Gasteiger partial charge >= 0.3 is 0 Å². The Bertz CT molecular complexity index is 517. The van der Waals surface area contributed by atoms with Crippen molar-refractivity contribution < 1.29 is 0 Å². The zero-order valence-electron chi connectivity index (χ0n) is 17.0. The molecule has 0 amide bonds. The summed E-state index contributed by atoms with van der Waals surface area (Å²) in [5.74, 6) is 2.62. The highest BCUT2D eigenvalue weighted by Gasteiger charge is 2.37. The van der Waals surface area contributed by atoms with E-state index in [1.54, 1.807) is 11.9 Å². The number of unbranched alkanes of at least 4 members (excludes halogenated alkanes) is 1. The Morgan fingerprint density at radius 2 is 2.12 bits per heavy atom. The molecule has 25 heavy (non-hydrogen) atoms. The molecule has 0 radical (unpaired) electrons. The molecule has 0 spiro atoms. The third-order valence-corrected chi connectivity index (χ3v) is 6.60. The molecule has 1 saturated heterocycles. The molecule has 142 valence electrons. The van der Waals surface area contributed by atoms with Crippen molar-refractivity contribution >= 4 is 17.6 Å². The van der Waals surface area contributed by atoms with Gasteiger partial charge in [-0.05, 0) is 60.9 Å². The molecule has 0 aliphatic carbocycles. The van der Waals surface area contributed by atoms with Crippen LogP contribution in [-0.2, 0) is 5.41 Å². The molecule has 0 unspecified atom stereocenters. The van der Waals surface area contributed by atoms with Crippen LogP contribution < -0.4 is 4.72 Å². The molecule has 1 aromatic rings. The van der Waals surface area contributed by atoms with E-state index in [0.717, 1.165) is 11.7 Å². The molecule has 1 fully saturated rings. The van der Waals surface area contributed by atoms with Gasteiger partial charge in [-0.1, -0.05) is 71.5 Å². The number of anilines is 1. The fourth-order valence-electron chi connectivity index (χ4n) is 3.93. The highest BCUT2D eigenvalue weighted by atomic mass is 32.2. The number of piperidine rings is 1. The van der Waals surface area contributed by atoms with Gasteiger partial charge < -0.3 is 9.62 Å². The number of hydrogen-bond acceptors (Lipinski definition) is 3. The second kappa shape index (κ2) is 9.87. The number of nitrogens with one attached hydrogen (secondary N) is 1. The summed E-state index contributed by atoms with van der Waals surface area (Å²) in [6.07, 6.45) is 5.37. The van der Waals surface area contributed by atoms with Crippen LogP contribution in [0.3, 0.4) is 0 Å². The Morgan fingerprint density at radius 3 is 2.80 bits per heavy atom. The zero-order chi connectivity index (χ0) is 18.3. The minimum atomic E-state index is 0.295.